The molecule has 1 heterocycles. The number of nitrogens with one attached hydrogen (secondary N) is 1. The van der Waals surface area contributed by atoms with Crippen LogP contribution in [0.2, 0.25) is 5.02 Å². The molecule has 3 aromatic rings. The summed E-state index contributed by atoms with van der Waals surface area (Å²) in [5.74, 6) is 0.759. The molecule has 0 atom stereocenters. The van der Waals surface area contributed by atoms with Gasteiger partial charge in [-0.25, -0.2) is 0 Å². The van der Waals surface area contributed by atoms with Gasteiger partial charge in [0, 0.05) is 35.8 Å². The van der Waals surface area contributed by atoms with Crippen molar-refractivity contribution < 1.29 is 14.3 Å². The van der Waals surface area contributed by atoms with Gasteiger partial charge in [0.2, 0.25) is 5.91 Å². The first-order valence-corrected chi connectivity index (χ1v) is 11.0. The van der Waals surface area contributed by atoms with E-state index in [-0.39, 0.29) is 11.8 Å². The molecule has 4 rings (SSSR count). The predicted molar refractivity (Wildman–Crippen MR) is 126 cm³/mol. The summed E-state index contributed by atoms with van der Waals surface area (Å²) < 4.78 is 5.16. The molecule has 3 aromatic carbocycles. The van der Waals surface area contributed by atoms with Crippen LogP contribution in [0.4, 0.5) is 5.69 Å². The van der Waals surface area contributed by atoms with Crippen LogP contribution in [0.1, 0.15) is 33.5 Å². The van der Waals surface area contributed by atoms with Gasteiger partial charge in [-0.2, -0.15) is 0 Å². The van der Waals surface area contributed by atoms with Crippen molar-refractivity contribution >= 4 is 29.1 Å². The normalized spacial score (nSPS) is 12.4. The van der Waals surface area contributed by atoms with Gasteiger partial charge in [0.1, 0.15) is 5.75 Å². The molecule has 0 aliphatic carbocycles. The molecule has 0 aromatic heterocycles. The Morgan fingerprint density at radius 3 is 2.44 bits per heavy atom. The number of aryl methyl sites for hydroxylation is 1. The average Bonchev–Trinajstić information content (AvgIpc) is 3.25. The minimum Gasteiger partial charge on any atom is -0.497 e. The number of anilines is 1. The number of halogens is 1. The fourth-order valence-electron chi connectivity index (χ4n) is 3.83. The quantitative estimate of drug-likeness (QED) is 0.564. The van der Waals surface area contributed by atoms with E-state index in [0.29, 0.717) is 36.5 Å². The summed E-state index contributed by atoms with van der Waals surface area (Å²) in [6.45, 7) is 1.08. The number of benzene rings is 3. The number of nitrogens with zero attached hydrogens (tertiary/aromatic N) is 1. The monoisotopic (exact) mass is 448 g/mol. The summed E-state index contributed by atoms with van der Waals surface area (Å²) >= 11 is 5.94. The highest BCUT2D eigenvalue weighted by atomic mass is 35.5. The maximum Gasteiger partial charge on any atom is 0.258 e. The van der Waals surface area contributed by atoms with E-state index in [9.17, 15) is 9.59 Å². The second kappa shape index (κ2) is 9.88. The summed E-state index contributed by atoms with van der Waals surface area (Å²) in [5, 5.41) is 3.59. The van der Waals surface area contributed by atoms with E-state index in [2.05, 4.69) is 5.32 Å². The Bertz CT molecular complexity index is 1110. The molecule has 164 valence electrons. The zero-order valence-corrected chi connectivity index (χ0v) is 18.7. The smallest absolute Gasteiger partial charge is 0.258 e. The van der Waals surface area contributed by atoms with Crippen molar-refractivity contribution in [1.29, 1.82) is 0 Å². The SMILES string of the molecule is COc1ccc(CCC(=O)NCc2ccc3c(c2)N(C(=O)c2ccc(Cl)cc2)CC3)cc1. The molecule has 5 nitrogen and oxygen atoms in total. The van der Waals surface area contributed by atoms with Gasteiger partial charge < -0.3 is 15.0 Å². The second-order valence-electron chi connectivity index (χ2n) is 7.80. The zero-order valence-electron chi connectivity index (χ0n) is 17.9. The predicted octanol–water partition coefficient (Wildman–Crippen LogP) is 4.80. The molecular formula is C26H25ClN2O3. The number of ether oxygens (including phenoxy) is 1. The molecule has 1 aliphatic heterocycles. The fraction of sp³-hybridized carbons (Fsp3) is 0.231. The van der Waals surface area contributed by atoms with Crippen molar-refractivity contribution in [2.75, 3.05) is 18.6 Å². The average molecular weight is 449 g/mol. The Labute approximate surface area is 193 Å². The highest BCUT2D eigenvalue weighted by molar-refractivity contribution is 6.30. The van der Waals surface area contributed by atoms with Gasteiger partial charge in [0.05, 0.1) is 7.11 Å². The van der Waals surface area contributed by atoms with Crippen LogP contribution < -0.4 is 15.0 Å². The maximum atomic E-state index is 13.0. The highest BCUT2D eigenvalue weighted by Gasteiger charge is 2.25. The van der Waals surface area contributed by atoms with Gasteiger partial charge >= 0.3 is 0 Å². The van der Waals surface area contributed by atoms with Crippen LogP contribution in [-0.4, -0.2) is 25.5 Å². The summed E-state index contributed by atoms with van der Waals surface area (Å²) in [4.78, 5) is 27.1. The van der Waals surface area contributed by atoms with Gasteiger partial charge in [-0.05, 0) is 72.0 Å². The topological polar surface area (TPSA) is 58.6 Å². The Kier molecular flexibility index (Phi) is 6.76. The van der Waals surface area contributed by atoms with Gasteiger partial charge in [-0.1, -0.05) is 35.9 Å². The number of carbonyl (C=O) groups is 2. The van der Waals surface area contributed by atoms with Crippen LogP contribution in [0, 0.1) is 0 Å². The van der Waals surface area contributed by atoms with Gasteiger partial charge in [-0.15, -0.1) is 0 Å². The van der Waals surface area contributed by atoms with Crippen molar-refractivity contribution in [2.24, 2.45) is 0 Å². The lowest BCUT2D eigenvalue weighted by molar-refractivity contribution is -0.121. The summed E-state index contributed by atoms with van der Waals surface area (Å²) in [6.07, 6.45) is 1.91. The van der Waals surface area contributed by atoms with Crippen molar-refractivity contribution in [1.82, 2.24) is 5.32 Å². The molecule has 32 heavy (non-hydrogen) atoms. The molecule has 0 spiro atoms. The van der Waals surface area contributed by atoms with Gasteiger partial charge in [0.25, 0.3) is 5.91 Å². The third-order valence-electron chi connectivity index (χ3n) is 5.67. The summed E-state index contributed by atoms with van der Waals surface area (Å²) in [5.41, 5.74) is 4.73. The van der Waals surface area contributed by atoms with Crippen molar-refractivity contribution in [3.8, 4) is 5.75 Å². The molecule has 0 bridgehead atoms. The largest absolute Gasteiger partial charge is 0.497 e. The van der Waals surface area contributed by atoms with Crippen LogP contribution in [0.25, 0.3) is 0 Å². The van der Waals surface area contributed by atoms with E-state index in [1.807, 2.05) is 42.5 Å². The highest BCUT2D eigenvalue weighted by Crippen LogP contribution is 2.30. The number of hydrogen-bond acceptors (Lipinski definition) is 3. The van der Waals surface area contributed by atoms with E-state index in [1.165, 1.54) is 0 Å². The molecule has 1 N–H and O–H groups in total. The standard InChI is InChI=1S/C26H25ClN2O3/c1-32-23-11-3-18(4-12-23)5-13-25(30)28-17-19-2-6-20-14-15-29(24(20)16-19)26(31)21-7-9-22(27)10-8-21/h2-4,6-12,16H,5,13-15,17H2,1H3,(H,28,30). The number of fused-ring (bicyclic) bond motifs is 1. The Hall–Kier alpha value is -3.31. The van der Waals surface area contributed by atoms with Crippen LogP contribution in [-0.2, 0) is 24.2 Å². The van der Waals surface area contributed by atoms with Crippen LogP contribution >= 0.6 is 11.6 Å². The van der Waals surface area contributed by atoms with E-state index in [0.717, 1.165) is 34.5 Å². The molecular weight excluding hydrogens is 424 g/mol. The number of carbonyl (C=O) groups excluding carboxylic acids is 2. The first kappa shape index (κ1) is 21.9. The molecule has 0 fully saturated rings. The Balaban J connectivity index is 1.35. The van der Waals surface area contributed by atoms with E-state index in [1.54, 1.807) is 36.3 Å². The lowest BCUT2D eigenvalue weighted by Crippen LogP contribution is -2.29. The van der Waals surface area contributed by atoms with E-state index in [4.69, 9.17) is 16.3 Å². The molecule has 0 saturated heterocycles. The fourth-order valence-corrected chi connectivity index (χ4v) is 3.96. The first-order valence-electron chi connectivity index (χ1n) is 10.6. The summed E-state index contributed by atoms with van der Waals surface area (Å²) in [7, 11) is 1.63. The number of methoxy groups -OCH3 is 1. The zero-order chi connectivity index (χ0) is 22.5. The molecule has 6 heteroatoms. The van der Waals surface area contributed by atoms with Gasteiger partial charge in [-0.3, -0.25) is 9.59 Å². The first-order chi connectivity index (χ1) is 15.5. The van der Waals surface area contributed by atoms with Crippen molar-refractivity contribution in [3.05, 3.63) is 94.0 Å². The lowest BCUT2D eigenvalue weighted by Gasteiger charge is -2.18. The molecule has 0 unspecified atom stereocenters. The maximum absolute atomic E-state index is 13.0. The molecule has 0 radical (unpaired) electrons. The number of hydrogen-bond donors (Lipinski definition) is 1. The minimum atomic E-state index is -0.0407. The lowest BCUT2D eigenvalue weighted by atomic mass is 10.1. The number of rotatable bonds is 7. The number of amides is 2. The van der Waals surface area contributed by atoms with E-state index < -0.39 is 0 Å². The summed E-state index contributed by atoms with van der Waals surface area (Å²) in [6, 6.07) is 20.7. The Morgan fingerprint density at radius 2 is 1.72 bits per heavy atom. The van der Waals surface area contributed by atoms with Crippen molar-refractivity contribution in [2.45, 2.75) is 25.8 Å². The van der Waals surface area contributed by atoms with Crippen LogP contribution in [0.3, 0.4) is 0 Å². The second-order valence-corrected chi connectivity index (χ2v) is 8.24. The molecule has 2 amide bonds. The van der Waals surface area contributed by atoms with Crippen LogP contribution in [0.5, 0.6) is 5.75 Å². The van der Waals surface area contributed by atoms with E-state index >= 15 is 0 Å². The Morgan fingerprint density at radius 1 is 1.00 bits per heavy atom. The molecule has 0 saturated carbocycles. The third-order valence-corrected chi connectivity index (χ3v) is 5.92. The van der Waals surface area contributed by atoms with Crippen LogP contribution in [0.15, 0.2) is 66.7 Å². The van der Waals surface area contributed by atoms with Gasteiger partial charge in [0.15, 0.2) is 0 Å². The molecule has 1 aliphatic rings. The minimum absolute atomic E-state index is 0.00425. The third kappa shape index (κ3) is 5.11. The van der Waals surface area contributed by atoms with Crippen molar-refractivity contribution in [3.63, 3.8) is 0 Å².